The van der Waals surface area contributed by atoms with E-state index in [1.165, 1.54) is 122 Å². The molecule has 0 aromatic rings. The van der Waals surface area contributed by atoms with E-state index in [9.17, 15) is 0 Å². The van der Waals surface area contributed by atoms with Crippen molar-refractivity contribution in [1.82, 2.24) is 5.32 Å². The van der Waals surface area contributed by atoms with Crippen LogP contribution in [0.5, 0.6) is 0 Å². The van der Waals surface area contributed by atoms with E-state index in [-0.39, 0.29) is 0 Å². The number of hydrogen-bond donors (Lipinski definition) is 2. The molecule has 0 amide bonds. The normalized spacial score (nSPS) is 15.1. The zero-order valence-corrected chi connectivity index (χ0v) is 17.1. The lowest BCUT2D eigenvalue weighted by Gasteiger charge is -2.15. The first-order chi connectivity index (χ1) is 11.8. The van der Waals surface area contributed by atoms with Crippen LogP contribution in [-0.2, 0) is 0 Å². The molecule has 2 nitrogen and oxygen atoms in total. The summed E-state index contributed by atoms with van der Waals surface area (Å²) in [5, 5.41) is 3.57. The van der Waals surface area contributed by atoms with Gasteiger partial charge in [-0.3, -0.25) is 0 Å². The fraction of sp³-hybridized carbons (Fsp3) is 1.00. The lowest BCUT2D eigenvalue weighted by Crippen LogP contribution is -2.22. The van der Waals surface area contributed by atoms with Gasteiger partial charge in [-0.05, 0) is 38.8 Å². The van der Waals surface area contributed by atoms with Crippen LogP contribution in [-0.4, -0.2) is 19.1 Å². The largest absolute Gasteiger partial charge is 0.328 e. The minimum Gasteiger partial charge on any atom is -0.328 e. The summed E-state index contributed by atoms with van der Waals surface area (Å²) in [6, 6.07) is 0.536. The Balaban J connectivity index is 0.000000620. The summed E-state index contributed by atoms with van der Waals surface area (Å²) in [5.74, 6) is 0. The summed E-state index contributed by atoms with van der Waals surface area (Å²) in [7, 11) is 0. The molecular weight excluding hydrogens is 292 g/mol. The minimum atomic E-state index is 0.536. The Labute approximate surface area is 153 Å². The molecule has 1 fully saturated rings. The summed E-state index contributed by atoms with van der Waals surface area (Å²) in [5.41, 5.74) is 5.63. The van der Waals surface area contributed by atoms with Gasteiger partial charge in [-0.25, -0.2) is 0 Å². The molecule has 0 aromatic heterocycles. The van der Waals surface area contributed by atoms with Crippen molar-refractivity contribution in [3.05, 3.63) is 0 Å². The Hall–Kier alpha value is -0.0800. The molecule has 0 unspecified atom stereocenters. The highest BCUT2D eigenvalue weighted by molar-refractivity contribution is 4.66. The Morgan fingerprint density at radius 3 is 1.42 bits per heavy atom. The van der Waals surface area contributed by atoms with E-state index in [0.717, 1.165) is 0 Å². The third-order valence-corrected chi connectivity index (χ3v) is 5.06. The standard InChI is InChI=1S/C16H35N.C6H13N/c1-3-5-7-9-11-13-15-17-16-14-12-10-8-6-4-2;7-6-4-2-1-3-5-6/h17H,3-16H2,1-2H3;6H,1-5,7H2. The second kappa shape index (κ2) is 21.0. The predicted molar refractivity (Wildman–Crippen MR) is 111 cm³/mol. The van der Waals surface area contributed by atoms with E-state index >= 15 is 0 Å². The number of unbranched alkanes of at least 4 members (excludes halogenated alkanes) is 10. The molecule has 1 rings (SSSR count). The molecule has 1 aliphatic rings. The molecule has 0 aromatic carbocycles. The highest BCUT2D eigenvalue weighted by Crippen LogP contribution is 2.14. The molecule has 24 heavy (non-hydrogen) atoms. The zero-order chi connectivity index (χ0) is 17.7. The van der Waals surface area contributed by atoms with Gasteiger partial charge in [-0.2, -0.15) is 0 Å². The summed E-state index contributed by atoms with van der Waals surface area (Å²) < 4.78 is 0. The third-order valence-electron chi connectivity index (χ3n) is 5.06. The first-order valence-corrected chi connectivity index (χ1v) is 11.3. The Kier molecular flexibility index (Phi) is 20.9. The van der Waals surface area contributed by atoms with E-state index in [1.54, 1.807) is 0 Å². The van der Waals surface area contributed by atoms with Gasteiger partial charge >= 0.3 is 0 Å². The third kappa shape index (κ3) is 20.0. The Morgan fingerprint density at radius 1 is 0.625 bits per heavy atom. The Morgan fingerprint density at radius 2 is 1.04 bits per heavy atom. The van der Waals surface area contributed by atoms with Crippen LogP contribution < -0.4 is 11.1 Å². The minimum absolute atomic E-state index is 0.536. The summed E-state index contributed by atoms with van der Waals surface area (Å²) in [6.45, 7) is 7.03. The van der Waals surface area contributed by atoms with Crippen LogP contribution in [0, 0.1) is 0 Å². The summed E-state index contributed by atoms with van der Waals surface area (Å²) in [4.78, 5) is 0. The van der Waals surface area contributed by atoms with Crippen molar-refractivity contribution in [1.29, 1.82) is 0 Å². The second-order valence-electron chi connectivity index (χ2n) is 7.68. The molecule has 1 aliphatic carbocycles. The van der Waals surface area contributed by atoms with Crippen molar-refractivity contribution in [2.45, 2.75) is 129 Å². The van der Waals surface area contributed by atoms with Crippen LogP contribution in [0.1, 0.15) is 123 Å². The van der Waals surface area contributed by atoms with Gasteiger partial charge in [0.2, 0.25) is 0 Å². The SMILES string of the molecule is CCCCCCCCNCCCCCCCC.NC1CCCCC1. The lowest BCUT2D eigenvalue weighted by molar-refractivity contribution is 0.441. The van der Waals surface area contributed by atoms with Crippen molar-refractivity contribution in [2.24, 2.45) is 5.73 Å². The molecule has 0 aliphatic heterocycles. The first kappa shape index (κ1) is 23.9. The smallest absolute Gasteiger partial charge is 0.00388 e. The number of nitrogens with one attached hydrogen (secondary N) is 1. The molecule has 0 bridgehead atoms. The van der Waals surface area contributed by atoms with Gasteiger partial charge in [-0.1, -0.05) is 97.3 Å². The number of nitrogens with two attached hydrogens (primary N) is 1. The molecular formula is C22H48N2. The van der Waals surface area contributed by atoms with Gasteiger partial charge in [-0.15, -0.1) is 0 Å². The fourth-order valence-electron chi connectivity index (χ4n) is 3.32. The topological polar surface area (TPSA) is 38.0 Å². The molecule has 0 saturated heterocycles. The fourth-order valence-corrected chi connectivity index (χ4v) is 3.32. The van der Waals surface area contributed by atoms with Crippen LogP contribution in [0.25, 0.3) is 0 Å². The van der Waals surface area contributed by atoms with Gasteiger partial charge < -0.3 is 11.1 Å². The van der Waals surface area contributed by atoms with Crippen LogP contribution in [0.4, 0.5) is 0 Å². The molecule has 0 spiro atoms. The van der Waals surface area contributed by atoms with Crippen molar-refractivity contribution in [2.75, 3.05) is 13.1 Å². The average molecular weight is 341 g/mol. The maximum Gasteiger partial charge on any atom is 0.00388 e. The summed E-state index contributed by atoms with van der Waals surface area (Å²) in [6.07, 6.45) is 23.6. The highest BCUT2D eigenvalue weighted by atomic mass is 14.8. The summed E-state index contributed by atoms with van der Waals surface area (Å²) >= 11 is 0. The molecule has 0 radical (unpaired) electrons. The first-order valence-electron chi connectivity index (χ1n) is 11.3. The number of hydrogen-bond acceptors (Lipinski definition) is 2. The second-order valence-corrected chi connectivity index (χ2v) is 7.68. The maximum atomic E-state index is 5.63. The van der Waals surface area contributed by atoms with E-state index in [0.29, 0.717) is 6.04 Å². The van der Waals surface area contributed by atoms with Crippen molar-refractivity contribution in [3.8, 4) is 0 Å². The van der Waals surface area contributed by atoms with Gasteiger partial charge in [0.1, 0.15) is 0 Å². The number of rotatable bonds is 14. The maximum absolute atomic E-state index is 5.63. The monoisotopic (exact) mass is 340 g/mol. The average Bonchev–Trinajstić information content (AvgIpc) is 2.60. The van der Waals surface area contributed by atoms with Gasteiger partial charge in [0.15, 0.2) is 0 Å². The van der Waals surface area contributed by atoms with E-state index in [1.807, 2.05) is 0 Å². The molecule has 0 atom stereocenters. The van der Waals surface area contributed by atoms with E-state index in [4.69, 9.17) is 5.73 Å². The van der Waals surface area contributed by atoms with Crippen molar-refractivity contribution < 1.29 is 0 Å². The van der Waals surface area contributed by atoms with Gasteiger partial charge in [0, 0.05) is 6.04 Å². The molecule has 1 saturated carbocycles. The molecule has 2 heteroatoms. The van der Waals surface area contributed by atoms with Crippen LogP contribution in [0.2, 0.25) is 0 Å². The zero-order valence-electron chi connectivity index (χ0n) is 17.1. The van der Waals surface area contributed by atoms with Crippen molar-refractivity contribution in [3.63, 3.8) is 0 Å². The van der Waals surface area contributed by atoms with Crippen LogP contribution >= 0.6 is 0 Å². The molecule has 146 valence electrons. The highest BCUT2D eigenvalue weighted by Gasteiger charge is 2.06. The predicted octanol–water partition coefficient (Wildman–Crippen LogP) is 6.57. The molecule has 3 N–H and O–H groups in total. The van der Waals surface area contributed by atoms with Crippen molar-refractivity contribution >= 4 is 0 Å². The van der Waals surface area contributed by atoms with E-state index in [2.05, 4.69) is 19.2 Å². The molecule has 0 heterocycles. The quantitative estimate of drug-likeness (QED) is 0.351. The van der Waals surface area contributed by atoms with Crippen LogP contribution in [0.15, 0.2) is 0 Å². The Bertz CT molecular complexity index is 198. The van der Waals surface area contributed by atoms with Gasteiger partial charge in [0.25, 0.3) is 0 Å². The van der Waals surface area contributed by atoms with Gasteiger partial charge in [0.05, 0.1) is 0 Å². The lowest BCUT2D eigenvalue weighted by atomic mass is 9.97. The van der Waals surface area contributed by atoms with Crippen LogP contribution in [0.3, 0.4) is 0 Å². The van der Waals surface area contributed by atoms with E-state index < -0.39 is 0 Å².